The van der Waals surface area contributed by atoms with Crippen LogP contribution in [0.2, 0.25) is 0 Å². The molecule has 0 bridgehead atoms. The number of rotatable bonds is 5. The summed E-state index contributed by atoms with van der Waals surface area (Å²) < 4.78 is 10.3. The highest BCUT2D eigenvalue weighted by Gasteiger charge is 2.13. The third-order valence-corrected chi connectivity index (χ3v) is 3.00. The molecule has 0 unspecified atom stereocenters. The Morgan fingerprint density at radius 3 is 2.40 bits per heavy atom. The highest BCUT2D eigenvalue weighted by Crippen LogP contribution is 2.31. The number of nitrogens with one attached hydrogen (secondary N) is 1. The van der Waals surface area contributed by atoms with Crippen LogP contribution in [0.4, 0.5) is 5.69 Å². The van der Waals surface area contributed by atoms with Crippen molar-refractivity contribution in [1.82, 2.24) is 0 Å². The lowest BCUT2D eigenvalue weighted by Crippen LogP contribution is -2.16. The summed E-state index contributed by atoms with van der Waals surface area (Å²) in [5.74, 6) is 0.117. The van der Waals surface area contributed by atoms with E-state index in [1.54, 1.807) is 6.92 Å². The van der Waals surface area contributed by atoms with Crippen LogP contribution in [0, 0.1) is 20.8 Å². The minimum absolute atomic E-state index is 0.115. The molecule has 0 spiro atoms. The number of esters is 1. The first-order valence-corrected chi connectivity index (χ1v) is 6.53. The molecule has 0 aromatic heterocycles. The second-order valence-electron chi connectivity index (χ2n) is 4.59. The first kappa shape index (κ1) is 16.0. The zero-order valence-electron chi connectivity index (χ0n) is 12.6. The molecular formula is C15H21NO4. The van der Waals surface area contributed by atoms with Gasteiger partial charge in [-0.15, -0.1) is 0 Å². The highest BCUT2D eigenvalue weighted by molar-refractivity contribution is 5.91. The summed E-state index contributed by atoms with van der Waals surface area (Å²) in [7, 11) is 0. The topological polar surface area (TPSA) is 64.6 Å². The van der Waals surface area contributed by atoms with Gasteiger partial charge in [0.15, 0.2) is 6.61 Å². The van der Waals surface area contributed by atoms with Crippen LogP contribution in [0.1, 0.15) is 30.5 Å². The van der Waals surface area contributed by atoms with E-state index in [9.17, 15) is 9.59 Å². The van der Waals surface area contributed by atoms with Crippen molar-refractivity contribution >= 4 is 17.6 Å². The molecule has 110 valence electrons. The molecule has 0 aliphatic carbocycles. The average Bonchev–Trinajstić information content (AvgIpc) is 2.37. The highest BCUT2D eigenvalue weighted by atomic mass is 16.6. The first-order chi connectivity index (χ1) is 9.36. The van der Waals surface area contributed by atoms with E-state index in [0.29, 0.717) is 12.4 Å². The zero-order valence-corrected chi connectivity index (χ0v) is 12.6. The van der Waals surface area contributed by atoms with Gasteiger partial charge < -0.3 is 14.8 Å². The average molecular weight is 279 g/mol. The molecule has 0 atom stereocenters. The third-order valence-electron chi connectivity index (χ3n) is 3.00. The predicted molar refractivity (Wildman–Crippen MR) is 77.1 cm³/mol. The fraction of sp³-hybridized carbons (Fsp3) is 0.467. The van der Waals surface area contributed by atoms with Crippen LogP contribution in [0.3, 0.4) is 0 Å². The second kappa shape index (κ2) is 6.93. The summed E-state index contributed by atoms with van der Waals surface area (Å²) in [4.78, 5) is 22.5. The summed E-state index contributed by atoms with van der Waals surface area (Å²) in [6.45, 7) is 9.12. The number of carbonyl (C=O) groups is 2. The van der Waals surface area contributed by atoms with Gasteiger partial charge in [-0.2, -0.15) is 0 Å². The number of aryl methyl sites for hydroxylation is 1. The maximum Gasteiger partial charge on any atom is 0.344 e. The molecule has 0 heterocycles. The monoisotopic (exact) mass is 279 g/mol. The maximum absolute atomic E-state index is 11.3. The van der Waals surface area contributed by atoms with Gasteiger partial charge in [-0.05, 0) is 50.5 Å². The second-order valence-corrected chi connectivity index (χ2v) is 4.59. The molecule has 1 rings (SSSR count). The van der Waals surface area contributed by atoms with E-state index in [2.05, 4.69) is 5.32 Å². The van der Waals surface area contributed by atoms with Crippen LogP contribution in [0.5, 0.6) is 5.75 Å². The van der Waals surface area contributed by atoms with Crippen molar-refractivity contribution in [3.05, 3.63) is 22.8 Å². The van der Waals surface area contributed by atoms with Gasteiger partial charge in [0.25, 0.3) is 0 Å². The van der Waals surface area contributed by atoms with Gasteiger partial charge >= 0.3 is 5.97 Å². The summed E-state index contributed by atoms with van der Waals surface area (Å²) in [6.07, 6.45) is 0. The number of amides is 1. The van der Waals surface area contributed by atoms with Gasteiger partial charge in [0.2, 0.25) is 5.91 Å². The Balaban J connectivity index is 2.95. The lowest BCUT2D eigenvalue weighted by atomic mass is 10.0. The third kappa shape index (κ3) is 3.98. The Morgan fingerprint density at radius 2 is 1.85 bits per heavy atom. The van der Waals surface area contributed by atoms with Crippen molar-refractivity contribution in [1.29, 1.82) is 0 Å². The molecule has 0 saturated carbocycles. The zero-order chi connectivity index (χ0) is 15.3. The molecule has 1 amide bonds. The van der Waals surface area contributed by atoms with E-state index in [1.807, 2.05) is 26.8 Å². The van der Waals surface area contributed by atoms with Gasteiger partial charge in [-0.1, -0.05) is 0 Å². The lowest BCUT2D eigenvalue weighted by Gasteiger charge is -2.17. The quantitative estimate of drug-likeness (QED) is 0.841. The minimum Gasteiger partial charge on any atom is -0.482 e. The van der Waals surface area contributed by atoms with Crippen LogP contribution < -0.4 is 10.1 Å². The van der Waals surface area contributed by atoms with Gasteiger partial charge in [-0.3, -0.25) is 4.79 Å². The molecule has 0 aliphatic heterocycles. The largest absolute Gasteiger partial charge is 0.482 e. The fourth-order valence-electron chi connectivity index (χ4n) is 1.90. The van der Waals surface area contributed by atoms with Gasteiger partial charge in [-0.25, -0.2) is 4.79 Å². The summed E-state index contributed by atoms with van der Waals surface area (Å²) in [5.41, 5.74) is 3.50. The van der Waals surface area contributed by atoms with Crippen molar-refractivity contribution in [2.45, 2.75) is 34.6 Å². The van der Waals surface area contributed by atoms with Crippen LogP contribution in [-0.4, -0.2) is 25.1 Å². The van der Waals surface area contributed by atoms with E-state index < -0.39 is 5.97 Å². The van der Waals surface area contributed by atoms with Crippen molar-refractivity contribution in [2.24, 2.45) is 0 Å². The predicted octanol–water partition coefficient (Wildman–Crippen LogP) is 2.51. The first-order valence-electron chi connectivity index (χ1n) is 6.53. The minimum atomic E-state index is -0.395. The number of anilines is 1. The van der Waals surface area contributed by atoms with E-state index in [-0.39, 0.29) is 12.5 Å². The van der Waals surface area contributed by atoms with Gasteiger partial charge in [0.1, 0.15) is 5.75 Å². The number of carbonyl (C=O) groups excluding carboxylic acids is 2. The molecule has 1 aromatic rings. The van der Waals surface area contributed by atoms with Crippen LogP contribution >= 0.6 is 0 Å². The normalized spacial score (nSPS) is 10.1. The summed E-state index contributed by atoms with van der Waals surface area (Å²) in [6, 6.07) is 1.81. The van der Waals surface area contributed by atoms with E-state index in [1.165, 1.54) is 6.92 Å². The Morgan fingerprint density at radius 1 is 1.20 bits per heavy atom. The molecule has 5 heteroatoms. The van der Waals surface area contributed by atoms with Crippen molar-refractivity contribution < 1.29 is 19.1 Å². The molecule has 0 radical (unpaired) electrons. The number of hydrogen-bond acceptors (Lipinski definition) is 4. The number of benzene rings is 1. The molecule has 0 aliphatic rings. The fourth-order valence-corrected chi connectivity index (χ4v) is 1.90. The van der Waals surface area contributed by atoms with E-state index in [4.69, 9.17) is 9.47 Å². The molecule has 1 aromatic carbocycles. The SMILES string of the molecule is CCOC(=O)COc1cc(C)c(NC(C)=O)c(C)c1C. The van der Waals surface area contributed by atoms with Crippen molar-refractivity contribution in [3.8, 4) is 5.75 Å². The summed E-state index contributed by atoms with van der Waals surface area (Å²) in [5, 5.41) is 2.81. The van der Waals surface area contributed by atoms with Crippen molar-refractivity contribution in [2.75, 3.05) is 18.5 Å². The van der Waals surface area contributed by atoms with Gasteiger partial charge in [0, 0.05) is 12.6 Å². The van der Waals surface area contributed by atoms with Crippen molar-refractivity contribution in [3.63, 3.8) is 0 Å². The van der Waals surface area contributed by atoms with Crippen LogP contribution in [0.25, 0.3) is 0 Å². The molecular weight excluding hydrogens is 258 g/mol. The summed E-state index contributed by atoms with van der Waals surface area (Å²) >= 11 is 0. The Bertz CT molecular complexity index is 523. The Kier molecular flexibility index (Phi) is 5.55. The van der Waals surface area contributed by atoms with Gasteiger partial charge in [0.05, 0.1) is 6.61 Å². The standard InChI is InChI=1S/C15H21NO4/c1-6-19-14(18)8-20-13-7-9(2)15(16-12(5)17)11(4)10(13)3/h7H,6,8H2,1-5H3,(H,16,17). The number of hydrogen-bond donors (Lipinski definition) is 1. The molecule has 0 saturated heterocycles. The maximum atomic E-state index is 11.3. The molecule has 20 heavy (non-hydrogen) atoms. The molecule has 1 N–H and O–H groups in total. The van der Waals surface area contributed by atoms with E-state index >= 15 is 0 Å². The lowest BCUT2D eigenvalue weighted by molar-refractivity contribution is -0.145. The molecule has 0 fully saturated rings. The van der Waals surface area contributed by atoms with Crippen LogP contribution in [0.15, 0.2) is 6.07 Å². The smallest absolute Gasteiger partial charge is 0.344 e. The number of ether oxygens (including phenoxy) is 2. The Hall–Kier alpha value is -2.04. The van der Waals surface area contributed by atoms with E-state index in [0.717, 1.165) is 22.4 Å². The van der Waals surface area contributed by atoms with Crippen LogP contribution in [-0.2, 0) is 14.3 Å². The Labute approximate surface area is 119 Å². The molecule has 5 nitrogen and oxygen atoms in total.